The maximum atomic E-state index is 15.7. The Kier molecular flexibility index (Phi) is 8.35. The molecule has 0 aromatic heterocycles. The molecule has 0 saturated heterocycles. The van der Waals surface area contributed by atoms with Crippen LogP contribution in [-0.2, 0) is 16.1 Å². The molecule has 41 heavy (non-hydrogen) atoms. The normalized spacial score (nSPS) is 18.7. The summed E-state index contributed by atoms with van der Waals surface area (Å²) >= 11 is 0. The SMILES string of the molecule is COC(=O)C[C@@H](c1cccc(OCc2cc([C@H]3CCCC3(C)C)c(-c3cc(OC)ccc3F)cc2F)c1F)C1CC1. The Morgan fingerprint density at radius 2 is 1.76 bits per heavy atom. The third-order valence-electron chi connectivity index (χ3n) is 8.90. The molecule has 0 amide bonds. The number of methoxy groups -OCH3 is 2. The average Bonchev–Trinajstić information content (AvgIpc) is 3.74. The van der Waals surface area contributed by atoms with Crippen molar-refractivity contribution in [1.82, 2.24) is 0 Å². The maximum Gasteiger partial charge on any atom is 0.306 e. The van der Waals surface area contributed by atoms with Gasteiger partial charge in [-0.2, -0.15) is 0 Å². The zero-order valence-corrected chi connectivity index (χ0v) is 24.1. The van der Waals surface area contributed by atoms with E-state index in [1.807, 2.05) is 0 Å². The molecule has 2 saturated carbocycles. The molecule has 2 fully saturated rings. The highest BCUT2D eigenvalue weighted by Crippen LogP contribution is 2.52. The number of halogens is 3. The summed E-state index contributed by atoms with van der Waals surface area (Å²) in [6.07, 6.45) is 4.88. The van der Waals surface area contributed by atoms with E-state index in [0.29, 0.717) is 16.9 Å². The summed E-state index contributed by atoms with van der Waals surface area (Å²) in [6.45, 7) is 4.17. The number of benzene rings is 3. The van der Waals surface area contributed by atoms with Gasteiger partial charge >= 0.3 is 5.97 Å². The summed E-state index contributed by atoms with van der Waals surface area (Å²) in [4.78, 5) is 12.0. The van der Waals surface area contributed by atoms with Gasteiger partial charge in [0.05, 0.1) is 20.6 Å². The van der Waals surface area contributed by atoms with Crippen molar-refractivity contribution >= 4 is 5.97 Å². The number of hydrogen-bond donors (Lipinski definition) is 0. The van der Waals surface area contributed by atoms with Gasteiger partial charge in [0.15, 0.2) is 11.6 Å². The largest absolute Gasteiger partial charge is 0.497 e. The van der Waals surface area contributed by atoms with Gasteiger partial charge in [-0.05, 0) is 96.0 Å². The topological polar surface area (TPSA) is 44.8 Å². The second-order valence-electron chi connectivity index (χ2n) is 12.0. The molecular weight excluding hydrogens is 529 g/mol. The van der Waals surface area contributed by atoms with E-state index >= 15 is 13.2 Å². The highest BCUT2D eigenvalue weighted by atomic mass is 19.1. The minimum atomic E-state index is -0.556. The van der Waals surface area contributed by atoms with Crippen molar-refractivity contribution in [2.75, 3.05) is 14.2 Å². The summed E-state index contributed by atoms with van der Waals surface area (Å²) in [5.74, 6) is -1.44. The molecule has 0 N–H and O–H groups in total. The lowest BCUT2D eigenvalue weighted by atomic mass is 9.75. The smallest absolute Gasteiger partial charge is 0.306 e. The van der Waals surface area contributed by atoms with Crippen LogP contribution in [0.5, 0.6) is 11.5 Å². The summed E-state index contributed by atoms with van der Waals surface area (Å²) < 4.78 is 62.4. The molecule has 7 heteroatoms. The van der Waals surface area contributed by atoms with Crippen LogP contribution in [0.4, 0.5) is 13.2 Å². The Morgan fingerprint density at radius 3 is 2.41 bits per heavy atom. The van der Waals surface area contributed by atoms with Crippen LogP contribution in [0, 0.1) is 28.8 Å². The van der Waals surface area contributed by atoms with Crippen molar-refractivity contribution in [2.24, 2.45) is 11.3 Å². The highest BCUT2D eigenvalue weighted by molar-refractivity contribution is 5.71. The molecule has 0 radical (unpaired) electrons. The first kappa shape index (κ1) is 29.0. The Hall–Kier alpha value is -3.48. The van der Waals surface area contributed by atoms with Gasteiger partial charge in [-0.1, -0.05) is 32.4 Å². The third-order valence-corrected chi connectivity index (χ3v) is 8.90. The predicted octanol–water partition coefficient (Wildman–Crippen LogP) is 8.71. The third kappa shape index (κ3) is 6.09. The molecule has 4 nitrogen and oxygen atoms in total. The van der Waals surface area contributed by atoms with E-state index in [0.717, 1.165) is 37.7 Å². The summed E-state index contributed by atoms with van der Waals surface area (Å²) in [5, 5.41) is 0. The van der Waals surface area contributed by atoms with E-state index in [-0.39, 0.29) is 59.0 Å². The van der Waals surface area contributed by atoms with Crippen molar-refractivity contribution in [2.45, 2.75) is 70.8 Å². The van der Waals surface area contributed by atoms with E-state index in [4.69, 9.17) is 14.2 Å². The van der Waals surface area contributed by atoms with Gasteiger partial charge in [-0.25, -0.2) is 13.2 Å². The van der Waals surface area contributed by atoms with Gasteiger partial charge in [0.1, 0.15) is 24.0 Å². The summed E-state index contributed by atoms with van der Waals surface area (Å²) in [7, 11) is 2.83. The second-order valence-corrected chi connectivity index (χ2v) is 12.0. The van der Waals surface area contributed by atoms with Gasteiger partial charge < -0.3 is 14.2 Å². The molecule has 218 valence electrons. The predicted molar refractivity (Wildman–Crippen MR) is 152 cm³/mol. The van der Waals surface area contributed by atoms with Crippen LogP contribution < -0.4 is 9.47 Å². The van der Waals surface area contributed by atoms with Crippen LogP contribution >= 0.6 is 0 Å². The van der Waals surface area contributed by atoms with Crippen molar-refractivity contribution in [3.8, 4) is 22.6 Å². The quantitative estimate of drug-likeness (QED) is 0.230. The van der Waals surface area contributed by atoms with Gasteiger partial charge in [-0.3, -0.25) is 4.79 Å². The van der Waals surface area contributed by atoms with Crippen molar-refractivity contribution < 1.29 is 32.2 Å². The van der Waals surface area contributed by atoms with Gasteiger partial charge in [0.25, 0.3) is 0 Å². The zero-order valence-electron chi connectivity index (χ0n) is 24.1. The molecule has 3 aromatic carbocycles. The van der Waals surface area contributed by atoms with E-state index in [2.05, 4.69) is 13.8 Å². The Balaban J connectivity index is 1.49. The molecule has 0 bridgehead atoms. The number of carbonyl (C=O) groups is 1. The first-order chi connectivity index (χ1) is 19.6. The molecule has 0 heterocycles. The van der Waals surface area contributed by atoms with Crippen molar-refractivity contribution in [1.29, 1.82) is 0 Å². The lowest BCUT2D eigenvalue weighted by Crippen LogP contribution is -2.17. The van der Waals surface area contributed by atoms with Crippen LogP contribution in [0.3, 0.4) is 0 Å². The molecule has 0 aliphatic heterocycles. The molecule has 3 aromatic rings. The van der Waals surface area contributed by atoms with E-state index in [1.54, 1.807) is 24.3 Å². The van der Waals surface area contributed by atoms with Crippen LogP contribution in [0.2, 0.25) is 0 Å². The van der Waals surface area contributed by atoms with Gasteiger partial charge in [0, 0.05) is 17.0 Å². The molecule has 2 atom stereocenters. The Labute approximate surface area is 239 Å². The molecule has 0 spiro atoms. The lowest BCUT2D eigenvalue weighted by molar-refractivity contribution is -0.141. The number of ether oxygens (including phenoxy) is 3. The maximum absolute atomic E-state index is 15.7. The average molecular weight is 567 g/mol. The molecular formula is C34H37F3O4. The van der Waals surface area contributed by atoms with Gasteiger partial charge in [0.2, 0.25) is 0 Å². The number of hydrogen-bond acceptors (Lipinski definition) is 4. The van der Waals surface area contributed by atoms with Crippen LogP contribution in [0.1, 0.15) is 80.9 Å². The fourth-order valence-electron chi connectivity index (χ4n) is 6.38. The summed E-state index contributed by atoms with van der Waals surface area (Å²) in [6, 6.07) is 12.5. The number of carbonyl (C=O) groups excluding carboxylic acids is 1. The van der Waals surface area contributed by atoms with E-state index in [1.165, 1.54) is 38.5 Å². The first-order valence-corrected chi connectivity index (χ1v) is 14.3. The first-order valence-electron chi connectivity index (χ1n) is 14.3. The van der Waals surface area contributed by atoms with Gasteiger partial charge in [-0.15, -0.1) is 0 Å². The minimum absolute atomic E-state index is 0.00285. The number of esters is 1. The van der Waals surface area contributed by atoms with Crippen molar-refractivity contribution in [3.05, 3.63) is 82.7 Å². The fraction of sp³-hybridized carbons (Fsp3) is 0.441. The zero-order chi connectivity index (χ0) is 29.3. The minimum Gasteiger partial charge on any atom is -0.497 e. The van der Waals surface area contributed by atoms with Crippen LogP contribution in [-0.4, -0.2) is 20.2 Å². The number of rotatable bonds is 10. The Morgan fingerprint density at radius 1 is 0.976 bits per heavy atom. The van der Waals surface area contributed by atoms with E-state index < -0.39 is 17.5 Å². The molecule has 0 unspecified atom stereocenters. The standard InChI is InChI=1S/C34H37F3O4/c1-34(2)14-6-8-28(34)26-15-21(30(36)17-25(26)27-16-22(39-3)12-13-29(27)35)19-41-31-9-5-7-23(33(31)37)24(20-10-11-20)18-32(38)40-4/h5,7,9,12-13,15-17,20,24,28H,6,8,10-11,14,18-19H2,1-4H3/t24-,28-/m1/s1. The second kappa shape index (κ2) is 11.8. The summed E-state index contributed by atoms with van der Waals surface area (Å²) in [5.41, 5.74) is 2.24. The fourth-order valence-corrected chi connectivity index (χ4v) is 6.38. The Bertz CT molecular complexity index is 1430. The molecule has 2 aliphatic rings. The highest BCUT2D eigenvalue weighted by Gasteiger charge is 2.38. The monoisotopic (exact) mass is 566 g/mol. The van der Waals surface area contributed by atoms with E-state index in [9.17, 15) is 4.79 Å². The van der Waals surface area contributed by atoms with Crippen LogP contribution in [0.15, 0.2) is 48.5 Å². The van der Waals surface area contributed by atoms with Crippen molar-refractivity contribution in [3.63, 3.8) is 0 Å². The molecule has 5 rings (SSSR count). The molecule has 2 aliphatic carbocycles. The van der Waals surface area contributed by atoms with Crippen LogP contribution in [0.25, 0.3) is 11.1 Å². The lowest BCUT2D eigenvalue weighted by Gasteiger charge is -2.30.